The smallest absolute Gasteiger partial charge is 0.284 e. The number of phenolic OH excluding ortho intramolecular Hbond substituents is 1. The van der Waals surface area contributed by atoms with Crippen LogP contribution in [0, 0.1) is 0 Å². The number of likely N-dealkylation sites (N-methyl/N-ethyl adjacent to an activating group) is 1. The first kappa shape index (κ1) is 20.8. The second kappa shape index (κ2) is 8.73. The Morgan fingerprint density at radius 3 is 2.83 bits per heavy atom. The van der Waals surface area contributed by atoms with Crippen molar-refractivity contribution in [3.8, 4) is 5.75 Å². The third-order valence-corrected chi connectivity index (χ3v) is 7.01. The molecule has 3 heterocycles. The van der Waals surface area contributed by atoms with Crippen LogP contribution in [0.5, 0.6) is 5.75 Å². The highest BCUT2D eigenvalue weighted by molar-refractivity contribution is 7.18. The zero-order valence-electron chi connectivity index (χ0n) is 16.1. The monoisotopic (exact) mass is 462 g/mol. The van der Waals surface area contributed by atoms with Gasteiger partial charge in [0.1, 0.15) is 5.75 Å². The number of nitrogens with zero attached hydrogens (tertiary/aromatic N) is 2. The summed E-state index contributed by atoms with van der Waals surface area (Å²) in [5, 5.41) is 15.9. The third-order valence-electron chi connectivity index (χ3n) is 4.69. The number of thiophene rings is 1. The number of phenols is 1. The van der Waals surface area contributed by atoms with Crippen molar-refractivity contribution in [2.45, 2.75) is 19.5 Å². The number of amides is 2. The minimum absolute atomic E-state index is 0.0190. The van der Waals surface area contributed by atoms with E-state index in [9.17, 15) is 14.7 Å². The van der Waals surface area contributed by atoms with E-state index in [0.717, 1.165) is 30.1 Å². The van der Waals surface area contributed by atoms with Gasteiger partial charge in [0.15, 0.2) is 5.01 Å². The first-order valence-electron chi connectivity index (χ1n) is 9.23. The molecule has 4 rings (SSSR count). The van der Waals surface area contributed by atoms with Gasteiger partial charge in [-0.15, -0.1) is 22.7 Å². The number of carbonyl (C=O) groups excluding carboxylic acids is 2. The van der Waals surface area contributed by atoms with Gasteiger partial charge < -0.3 is 20.6 Å². The molecule has 7 nitrogen and oxygen atoms in total. The van der Waals surface area contributed by atoms with Crippen LogP contribution in [0.3, 0.4) is 0 Å². The molecule has 0 bridgehead atoms. The Hall–Kier alpha value is -2.46. The number of thiazole rings is 1. The summed E-state index contributed by atoms with van der Waals surface area (Å²) in [5.74, 6) is -0.570. The molecule has 0 fully saturated rings. The molecule has 30 heavy (non-hydrogen) atoms. The van der Waals surface area contributed by atoms with Crippen molar-refractivity contribution >= 4 is 51.8 Å². The first-order valence-corrected chi connectivity index (χ1v) is 11.2. The zero-order valence-corrected chi connectivity index (χ0v) is 18.5. The van der Waals surface area contributed by atoms with Gasteiger partial charge >= 0.3 is 0 Å². The Bertz CT molecular complexity index is 1110. The Balaban J connectivity index is 1.48. The number of anilines is 1. The van der Waals surface area contributed by atoms with Crippen LogP contribution in [0.4, 0.5) is 5.69 Å². The summed E-state index contributed by atoms with van der Waals surface area (Å²) in [6.07, 6.45) is 0.825. The first-order chi connectivity index (χ1) is 14.4. The summed E-state index contributed by atoms with van der Waals surface area (Å²) in [6, 6.07) is 7.95. The van der Waals surface area contributed by atoms with Crippen LogP contribution >= 0.6 is 34.3 Å². The van der Waals surface area contributed by atoms with Crippen LogP contribution in [0.2, 0.25) is 4.34 Å². The number of aromatic hydroxyl groups is 1. The molecule has 0 radical (unpaired) electrons. The number of halogens is 1. The number of benzene rings is 1. The van der Waals surface area contributed by atoms with Crippen molar-refractivity contribution in [3.63, 3.8) is 0 Å². The lowest BCUT2D eigenvalue weighted by Crippen LogP contribution is -2.25. The predicted octanol–water partition coefficient (Wildman–Crippen LogP) is 3.73. The molecule has 1 aromatic carbocycles. The predicted molar refractivity (Wildman–Crippen MR) is 119 cm³/mol. The van der Waals surface area contributed by atoms with E-state index in [1.807, 2.05) is 7.05 Å². The molecule has 3 aromatic rings. The van der Waals surface area contributed by atoms with Gasteiger partial charge in [-0.2, -0.15) is 0 Å². The van der Waals surface area contributed by atoms with Crippen LogP contribution in [0.15, 0.2) is 30.3 Å². The maximum atomic E-state index is 12.8. The fourth-order valence-electron chi connectivity index (χ4n) is 3.13. The van der Waals surface area contributed by atoms with Crippen LogP contribution in [0.1, 0.15) is 35.6 Å². The Morgan fingerprint density at radius 2 is 2.07 bits per heavy atom. The standard InChI is InChI=1S/C20H19ClN4O3S2/c1-25-7-6-13-16(10-25)30-20(24-13)19(28)23-14-8-12(26)3-2-11(14)9-22-18(27)15-4-5-17(21)29-15/h2-5,8,26H,6-7,9-10H2,1H3,(H,22,27)(H,23,28). The molecule has 3 N–H and O–H groups in total. The highest BCUT2D eigenvalue weighted by atomic mass is 35.5. The van der Waals surface area contributed by atoms with E-state index in [0.29, 0.717) is 25.5 Å². The number of hydrogen-bond donors (Lipinski definition) is 3. The molecule has 0 atom stereocenters. The van der Waals surface area contributed by atoms with Crippen LogP contribution in [-0.4, -0.2) is 40.4 Å². The van der Waals surface area contributed by atoms with Crippen LogP contribution in [0.25, 0.3) is 0 Å². The van der Waals surface area contributed by atoms with Crippen molar-refractivity contribution in [3.05, 3.63) is 60.7 Å². The molecule has 0 saturated heterocycles. The van der Waals surface area contributed by atoms with Crippen molar-refractivity contribution < 1.29 is 14.7 Å². The molecule has 0 spiro atoms. The van der Waals surface area contributed by atoms with E-state index in [1.165, 1.54) is 34.8 Å². The lowest BCUT2D eigenvalue weighted by atomic mass is 10.1. The molecular formula is C20H19ClN4O3S2. The SMILES string of the molecule is CN1CCc2nc(C(=O)Nc3cc(O)ccc3CNC(=O)c3ccc(Cl)s3)sc2C1. The Morgan fingerprint density at radius 1 is 1.23 bits per heavy atom. The lowest BCUT2D eigenvalue weighted by molar-refractivity contribution is 0.0954. The molecule has 1 aliphatic rings. The molecule has 2 aromatic heterocycles. The summed E-state index contributed by atoms with van der Waals surface area (Å²) in [4.78, 5) is 33.3. The molecule has 0 unspecified atom stereocenters. The zero-order chi connectivity index (χ0) is 21.3. The maximum absolute atomic E-state index is 12.8. The summed E-state index contributed by atoms with van der Waals surface area (Å²) in [7, 11) is 2.04. The van der Waals surface area contributed by atoms with Gasteiger partial charge in [0, 0.05) is 42.7 Å². The minimum atomic E-state index is -0.333. The number of fused-ring (bicyclic) bond motifs is 1. The van der Waals surface area contributed by atoms with Crippen molar-refractivity contribution in [1.29, 1.82) is 0 Å². The number of hydrogen-bond acceptors (Lipinski definition) is 7. The Labute approximate surface area is 186 Å². The molecule has 0 aliphatic carbocycles. The molecule has 1 aliphatic heterocycles. The van der Waals surface area contributed by atoms with E-state index in [4.69, 9.17) is 11.6 Å². The number of aromatic nitrogens is 1. The van der Waals surface area contributed by atoms with Gasteiger partial charge in [0.2, 0.25) is 0 Å². The average Bonchev–Trinajstić information content (AvgIpc) is 3.33. The highest BCUT2D eigenvalue weighted by Gasteiger charge is 2.22. The Kier molecular flexibility index (Phi) is 6.05. The largest absolute Gasteiger partial charge is 0.508 e. The van der Waals surface area contributed by atoms with Crippen LogP contribution < -0.4 is 10.6 Å². The normalized spacial score (nSPS) is 13.7. The van der Waals surface area contributed by atoms with E-state index in [-0.39, 0.29) is 24.1 Å². The summed E-state index contributed by atoms with van der Waals surface area (Å²) in [6.45, 7) is 1.89. The van der Waals surface area contributed by atoms with E-state index in [1.54, 1.807) is 18.2 Å². The van der Waals surface area contributed by atoms with E-state index >= 15 is 0 Å². The van der Waals surface area contributed by atoms with E-state index in [2.05, 4.69) is 20.5 Å². The minimum Gasteiger partial charge on any atom is -0.508 e. The second-order valence-electron chi connectivity index (χ2n) is 6.96. The molecule has 2 amide bonds. The third kappa shape index (κ3) is 4.65. The van der Waals surface area contributed by atoms with Gasteiger partial charge in [-0.25, -0.2) is 4.98 Å². The summed E-state index contributed by atoms with van der Waals surface area (Å²) in [5.41, 5.74) is 2.06. The number of carbonyl (C=O) groups is 2. The average molecular weight is 463 g/mol. The van der Waals surface area contributed by atoms with Crippen molar-refractivity contribution in [1.82, 2.24) is 15.2 Å². The van der Waals surface area contributed by atoms with E-state index < -0.39 is 0 Å². The van der Waals surface area contributed by atoms with Gasteiger partial charge in [-0.05, 0) is 30.8 Å². The van der Waals surface area contributed by atoms with Gasteiger partial charge in [-0.3, -0.25) is 9.59 Å². The van der Waals surface area contributed by atoms with Gasteiger partial charge in [0.25, 0.3) is 11.8 Å². The number of nitrogens with one attached hydrogen (secondary N) is 2. The maximum Gasteiger partial charge on any atom is 0.284 e. The quantitative estimate of drug-likeness (QED) is 0.537. The summed E-state index contributed by atoms with van der Waals surface area (Å²) >= 11 is 8.46. The molecule has 156 valence electrons. The molecule has 0 saturated carbocycles. The topological polar surface area (TPSA) is 94.6 Å². The van der Waals surface area contributed by atoms with Gasteiger partial charge in [0.05, 0.1) is 14.9 Å². The summed E-state index contributed by atoms with van der Waals surface area (Å²) < 4.78 is 0.537. The second-order valence-corrected chi connectivity index (χ2v) is 9.76. The molecule has 10 heteroatoms. The van der Waals surface area contributed by atoms with Crippen molar-refractivity contribution in [2.75, 3.05) is 18.9 Å². The highest BCUT2D eigenvalue weighted by Crippen LogP contribution is 2.27. The van der Waals surface area contributed by atoms with Gasteiger partial charge in [-0.1, -0.05) is 17.7 Å². The van der Waals surface area contributed by atoms with Crippen LogP contribution in [-0.2, 0) is 19.5 Å². The fraction of sp³-hybridized carbons (Fsp3) is 0.250. The number of rotatable bonds is 5. The molecular weight excluding hydrogens is 444 g/mol. The fourth-order valence-corrected chi connectivity index (χ4v) is 5.17. The van der Waals surface area contributed by atoms with Crippen molar-refractivity contribution in [2.24, 2.45) is 0 Å². The lowest BCUT2D eigenvalue weighted by Gasteiger charge is -2.20.